The second kappa shape index (κ2) is 8.16. The molecule has 1 aromatic heterocycles. The lowest BCUT2D eigenvalue weighted by Crippen LogP contribution is -2.39. The maximum atomic E-state index is 13.0. The van der Waals surface area contributed by atoms with E-state index in [1.54, 1.807) is 10.9 Å². The molecule has 3 saturated carbocycles. The first-order valence-electron chi connectivity index (χ1n) is 10.9. The van der Waals surface area contributed by atoms with E-state index in [4.69, 9.17) is 0 Å². The highest BCUT2D eigenvalue weighted by Gasteiger charge is 2.54. The molecule has 0 radical (unpaired) electrons. The molecule has 29 heavy (non-hydrogen) atoms. The second-order valence-electron chi connectivity index (χ2n) is 8.77. The molecule has 0 unspecified atom stereocenters. The number of nitrogens with one attached hydrogen (secondary N) is 2. The van der Waals surface area contributed by atoms with Gasteiger partial charge in [0, 0.05) is 18.8 Å². The van der Waals surface area contributed by atoms with Gasteiger partial charge in [0.25, 0.3) is 5.91 Å². The normalized spacial score (nSPS) is 29.0. The van der Waals surface area contributed by atoms with Gasteiger partial charge in [-0.25, -0.2) is 0 Å². The molecule has 4 atom stereocenters. The van der Waals surface area contributed by atoms with Crippen LogP contribution < -0.4 is 10.6 Å². The Bertz CT molecular complexity index is 799. The van der Waals surface area contributed by atoms with Crippen LogP contribution in [0.4, 0.5) is 5.69 Å². The van der Waals surface area contributed by atoms with Gasteiger partial charge in [0.05, 0.1) is 17.5 Å². The zero-order chi connectivity index (χ0) is 20.5. The number of amides is 2. The molecule has 2 amide bonds. The topological polar surface area (TPSA) is 113 Å². The number of nitrogens with zero attached hydrogens (tertiary/aromatic N) is 2. The molecular formula is C21H30N4O4. The number of fused-ring (bicyclic) bond motifs is 2. The average Bonchev–Trinajstić information content (AvgIpc) is 3.42. The van der Waals surface area contributed by atoms with Crippen LogP contribution >= 0.6 is 0 Å². The van der Waals surface area contributed by atoms with Crippen molar-refractivity contribution in [3.63, 3.8) is 0 Å². The van der Waals surface area contributed by atoms with Crippen LogP contribution in [-0.2, 0) is 16.1 Å². The maximum Gasteiger partial charge on any atom is 0.307 e. The van der Waals surface area contributed by atoms with Gasteiger partial charge in [-0.05, 0) is 50.9 Å². The molecule has 3 aliphatic rings. The molecule has 0 aliphatic heterocycles. The molecular weight excluding hydrogens is 372 g/mol. The van der Waals surface area contributed by atoms with Gasteiger partial charge < -0.3 is 15.7 Å². The highest BCUT2D eigenvalue weighted by molar-refractivity contribution is 6.03. The number of hydrogen-bond donors (Lipinski definition) is 3. The van der Waals surface area contributed by atoms with Crippen LogP contribution in [0.5, 0.6) is 0 Å². The summed E-state index contributed by atoms with van der Waals surface area (Å²) in [6.07, 6.45) is 9.60. The molecule has 1 heterocycles. The summed E-state index contributed by atoms with van der Waals surface area (Å²) in [5, 5.41) is 19.9. The molecule has 8 nitrogen and oxygen atoms in total. The largest absolute Gasteiger partial charge is 0.481 e. The van der Waals surface area contributed by atoms with Crippen molar-refractivity contribution in [3.8, 4) is 0 Å². The van der Waals surface area contributed by atoms with E-state index in [1.807, 2.05) is 6.92 Å². The number of rotatable bonds is 6. The van der Waals surface area contributed by atoms with Crippen molar-refractivity contribution in [2.45, 2.75) is 70.9 Å². The molecule has 4 rings (SSSR count). The fourth-order valence-corrected chi connectivity index (χ4v) is 5.58. The van der Waals surface area contributed by atoms with Crippen LogP contribution in [0.2, 0.25) is 0 Å². The second-order valence-corrected chi connectivity index (χ2v) is 8.77. The van der Waals surface area contributed by atoms with Gasteiger partial charge in [-0.3, -0.25) is 19.1 Å². The Morgan fingerprint density at radius 1 is 1.10 bits per heavy atom. The zero-order valence-corrected chi connectivity index (χ0v) is 16.9. The van der Waals surface area contributed by atoms with Crippen molar-refractivity contribution >= 4 is 23.5 Å². The van der Waals surface area contributed by atoms with Crippen molar-refractivity contribution in [2.75, 3.05) is 5.32 Å². The monoisotopic (exact) mass is 402 g/mol. The Hall–Kier alpha value is -2.38. The van der Waals surface area contributed by atoms with E-state index in [9.17, 15) is 19.5 Å². The van der Waals surface area contributed by atoms with Gasteiger partial charge in [-0.15, -0.1) is 0 Å². The van der Waals surface area contributed by atoms with Crippen molar-refractivity contribution < 1.29 is 19.5 Å². The number of carbonyl (C=O) groups excluding carboxylic acids is 2. The fraction of sp³-hybridized carbons (Fsp3) is 0.714. The van der Waals surface area contributed by atoms with E-state index >= 15 is 0 Å². The Morgan fingerprint density at radius 3 is 2.45 bits per heavy atom. The van der Waals surface area contributed by atoms with Gasteiger partial charge in [0.2, 0.25) is 5.91 Å². The first-order chi connectivity index (χ1) is 14.0. The van der Waals surface area contributed by atoms with E-state index in [2.05, 4.69) is 15.7 Å². The van der Waals surface area contributed by atoms with Crippen LogP contribution in [-0.4, -0.2) is 38.7 Å². The molecule has 2 bridgehead atoms. The minimum Gasteiger partial charge on any atom is -0.481 e. The first-order valence-corrected chi connectivity index (χ1v) is 10.9. The quantitative estimate of drug-likeness (QED) is 0.677. The minimum atomic E-state index is -0.892. The fourth-order valence-electron chi connectivity index (χ4n) is 5.58. The van der Waals surface area contributed by atoms with Crippen LogP contribution in [0.25, 0.3) is 0 Å². The summed E-state index contributed by atoms with van der Waals surface area (Å²) in [7, 11) is 0. The third kappa shape index (κ3) is 3.89. The summed E-state index contributed by atoms with van der Waals surface area (Å²) in [5.74, 6) is -2.44. The van der Waals surface area contributed by atoms with Crippen molar-refractivity contribution in [3.05, 3.63) is 11.9 Å². The van der Waals surface area contributed by atoms with Crippen molar-refractivity contribution in [1.29, 1.82) is 0 Å². The third-order valence-electron chi connectivity index (χ3n) is 7.00. The summed E-state index contributed by atoms with van der Waals surface area (Å²) < 4.78 is 1.63. The van der Waals surface area contributed by atoms with Gasteiger partial charge in [0.1, 0.15) is 0 Å². The highest BCUT2D eigenvalue weighted by atomic mass is 16.4. The average molecular weight is 402 g/mol. The number of aromatic nitrogens is 2. The summed E-state index contributed by atoms with van der Waals surface area (Å²) in [4.78, 5) is 37.6. The molecule has 3 N–H and O–H groups in total. The summed E-state index contributed by atoms with van der Waals surface area (Å²) in [6.45, 7) is 2.49. The van der Waals surface area contributed by atoms with E-state index < -0.39 is 17.8 Å². The molecule has 0 saturated heterocycles. The highest BCUT2D eigenvalue weighted by Crippen LogP contribution is 2.52. The summed E-state index contributed by atoms with van der Waals surface area (Å²) in [5.41, 5.74) is 0.581. The predicted molar refractivity (Wildman–Crippen MR) is 106 cm³/mol. The van der Waals surface area contributed by atoms with Crippen molar-refractivity contribution in [2.24, 2.45) is 23.7 Å². The van der Waals surface area contributed by atoms with Gasteiger partial charge in [-0.1, -0.05) is 19.3 Å². The van der Waals surface area contributed by atoms with Crippen LogP contribution in [0.3, 0.4) is 0 Å². The molecule has 158 valence electrons. The Labute approximate surface area is 170 Å². The lowest BCUT2D eigenvalue weighted by atomic mass is 9.78. The van der Waals surface area contributed by atoms with Crippen LogP contribution in [0.15, 0.2) is 6.20 Å². The molecule has 0 aromatic carbocycles. The Kier molecular flexibility index (Phi) is 5.61. The number of carbonyl (C=O) groups is 3. The molecule has 1 aromatic rings. The Balaban J connectivity index is 1.50. The van der Waals surface area contributed by atoms with E-state index in [-0.39, 0.29) is 35.4 Å². The number of carboxylic acid groups (broad SMARTS) is 1. The number of aryl methyl sites for hydroxylation is 1. The number of hydrogen-bond acceptors (Lipinski definition) is 4. The number of aliphatic carboxylic acids is 1. The molecule has 0 spiro atoms. The van der Waals surface area contributed by atoms with Gasteiger partial charge in [0.15, 0.2) is 5.69 Å². The van der Waals surface area contributed by atoms with E-state index in [1.165, 1.54) is 6.42 Å². The minimum absolute atomic E-state index is 0.0840. The maximum absolute atomic E-state index is 13.0. The van der Waals surface area contributed by atoms with Gasteiger partial charge in [-0.2, -0.15) is 5.10 Å². The summed E-state index contributed by atoms with van der Waals surface area (Å²) >= 11 is 0. The van der Waals surface area contributed by atoms with Crippen LogP contribution in [0, 0.1) is 23.7 Å². The van der Waals surface area contributed by atoms with Crippen LogP contribution in [0.1, 0.15) is 68.8 Å². The smallest absolute Gasteiger partial charge is 0.307 e. The van der Waals surface area contributed by atoms with Crippen molar-refractivity contribution in [1.82, 2.24) is 15.1 Å². The standard InChI is InChI=1S/C21H30N4O4/c1-2-25-11-15(18(24-25)20(27)22-14-6-4-3-5-7-14)23-19(26)16-12-8-9-13(10-12)17(16)21(28)29/h11-14,16-17H,2-10H2,1H3,(H,22,27)(H,23,26)(H,28,29)/t12-,13-,16+,17+/m0/s1. The zero-order valence-electron chi connectivity index (χ0n) is 16.9. The molecule has 3 aliphatic carbocycles. The van der Waals surface area contributed by atoms with E-state index in [0.717, 1.165) is 44.9 Å². The predicted octanol–water partition coefficient (Wildman–Crippen LogP) is 2.65. The summed E-state index contributed by atoms with van der Waals surface area (Å²) in [6, 6.07) is 0.147. The SMILES string of the molecule is CCn1cc(NC(=O)[C@@H]2[C@H]3CC[C@@H](C3)[C@H]2C(=O)O)c(C(=O)NC2CCCCC2)n1. The van der Waals surface area contributed by atoms with Gasteiger partial charge >= 0.3 is 5.97 Å². The third-order valence-corrected chi connectivity index (χ3v) is 7.00. The molecule has 8 heteroatoms. The number of anilines is 1. The first kappa shape index (κ1) is 19.9. The van der Waals surface area contributed by atoms with E-state index in [0.29, 0.717) is 12.2 Å². The molecule has 3 fully saturated rings. The number of carboxylic acids is 1. The lowest BCUT2D eigenvalue weighted by Gasteiger charge is -2.27. The Morgan fingerprint density at radius 2 is 1.79 bits per heavy atom. The lowest BCUT2D eigenvalue weighted by molar-refractivity contribution is -0.148.